The lowest BCUT2D eigenvalue weighted by molar-refractivity contribution is 0.262. The van der Waals surface area contributed by atoms with E-state index in [1.807, 2.05) is 12.1 Å². The van der Waals surface area contributed by atoms with Gasteiger partial charge in [0, 0.05) is 45.0 Å². The van der Waals surface area contributed by atoms with Gasteiger partial charge in [0.1, 0.15) is 10.6 Å². The van der Waals surface area contributed by atoms with Crippen LogP contribution in [0.3, 0.4) is 0 Å². The first kappa shape index (κ1) is 19.9. The number of nitrogens with zero attached hydrogens (tertiary/aromatic N) is 2. The Morgan fingerprint density at radius 2 is 1.70 bits per heavy atom. The quantitative estimate of drug-likeness (QED) is 0.761. The number of ether oxygens (including phenoxy) is 1. The van der Waals surface area contributed by atoms with Crippen molar-refractivity contribution in [1.29, 1.82) is 0 Å². The Morgan fingerprint density at radius 3 is 2.33 bits per heavy atom. The standard InChI is InChI=1S/C19H24ClN3O3S/c1-26-17-8-6-16(7-9-17)23-14-12-22(13-15-23)11-10-21-27(24,25)19-5-3-2-4-18(19)20/h2-9,21H,10-15H2,1H3. The molecular weight excluding hydrogens is 386 g/mol. The van der Waals surface area contributed by atoms with Gasteiger partial charge in [-0.1, -0.05) is 23.7 Å². The molecule has 2 aromatic carbocycles. The summed E-state index contributed by atoms with van der Waals surface area (Å²) < 4.78 is 32.5. The molecule has 0 radical (unpaired) electrons. The van der Waals surface area contributed by atoms with Crippen molar-refractivity contribution in [2.45, 2.75) is 4.90 Å². The van der Waals surface area contributed by atoms with Crippen molar-refractivity contribution in [3.8, 4) is 5.75 Å². The number of nitrogens with one attached hydrogen (secondary N) is 1. The van der Waals surface area contributed by atoms with E-state index in [0.717, 1.165) is 31.9 Å². The predicted molar refractivity (Wildman–Crippen MR) is 108 cm³/mol. The van der Waals surface area contributed by atoms with Crippen LogP contribution in [0.1, 0.15) is 0 Å². The van der Waals surface area contributed by atoms with Crippen molar-refractivity contribution in [2.24, 2.45) is 0 Å². The molecule has 3 rings (SSSR count). The Labute approximate surface area is 165 Å². The Balaban J connectivity index is 1.46. The summed E-state index contributed by atoms with van der Waals surface area (Å²) in [6.45, 7) is 4.61. The van der Waals surface area contributed by atoms with Crippen LogP contribution >= 0.6 is 11.6 Å². The third kappa shape index (κ3) is 5.13. The second-order valence-electron chi connectivity index (χ2n) is 6.35. The summed E-state index contributed by atoms with van der Waals surface area (Å²) in [5, 5.41) is 0.234. The summed E-state index contributed by atoms with van der Waals surface area (Å²) in [7, 11) is -1.92. The van der Waals surface area contributed by atoms with Crippen LogP contribution in [0.2, 0.25) is 5.02 Å². The molecule has 0 aromatic heterocycles. The summed E-state index contributed by atoms with van der Waals surface area (Å²) >= 11 is 5.99. The summed E-state index contributed by atoms with van der Waals surface area (Å²) in [6.07, 6.45) is 0. The monoisotopic (exact) mass is 409 g/mol. The van der Waals surface area contributed by atoms with Gasteiger partial charge in [0.15, 0.2) is 0 Å². The van der Waals surface area contributed by atoms with Crippen molar-refractivity contribution in [2.75, 3.05) is 51.3 Å². The number of halogens is 1. The van der Waals surface area contributed by atoms with E-state index >= 15 is 0 Å². The Bertz CT molecular complexity index is 851. The lowest BCUT2D eigenvalue weighted by Gasteiger charge is -2.36. The van der Waals surface area contributed by atoms with E-state index in [9.17, 15) is 8.42 Å². The highest BCUT2D eigenvalue weighted by Gasteiger charge is 2.20. The first-order chi connectivity index (χ1) is 13.0. The van der Waals surface area contributed by atoms with E-state index in [1.165, 1.54) is 11.8 Å². The van der Waals surface area contributed by atoms with Gasteiger partial charge in [0.05, 0.1) is 12.1 Å². The van der Waals surface area contributed by atoms with Gasteiger partial charge in [-0.15, -0.1) is 0 Å². The molecule has 0 unspecified atom stereocenters. The summed E-state index contributed by atoms with van der Waals surface area (Å²) in [5.74, 6) is 0.850. The largest absolute Gasteiger partial charge is 0.497 e. The van der Waals surface area contributed by atoms with Crippen molar-refractivity contribution in [1.82, 2.24) is 9.62 Å². The lowest BCUT2D eigenvalue weighted by atomic mass is 10.2. The zero-order valence-corrected chi connectivity index (χ0v) is 16.8. The highest BCUT2D eigenvalue weighted by molar-refractivity contribution is 7.89. The van der Waals surface area contributed by atoms with E-state index in [2.05, 4.69) is 26.7 Å². The molecule has 1 N–H and O–H groups in total. The zero-order valence-electron chi connectivity index (χ0n) is 15.3. The number of hydrogen-bond donors (Lipinski definition) is 1. The normalized spacial score (nSPS) is 15.7. The van der Waals surface area contributed by atoms with Crippen LogP contribution in [0.4, 0.5) is 5.69 Å². The Hall–Kier alpha value is -1.80. The van der Waals surface area contributed by atoms with Crippen molar-refractivity contribution < 1.29 is 13.2 Å². The van der Waals surface area contributed by atoms with E-state index in [-0.39, 0.29) is 9.92 Å². The SMILES string of the molecule is COc1ccc(N2CCN(CCNS(=O)(=O)c3ccccc3Cl)CC2)cc1. The van der Waals surface area contributed by atoms with Crippen LogP contribution in [-0.4, -0.2) is 59.7 Å². The molecule has 0 spiro atoms. The number of anilines is 1. The first-order valence-electron chi connectivity index (χ1n) is 8.85. The molecule has 2 aromatic rings. The van der Waals surface area contributed by atoms with E-state index in [1.54, 1.807) is 25.3 Å². The molecule has 0 saturated carbocycles. The minimum absolute atomic E-state index is 0.121. The fourth-order valence-corrected chi connectivity index (χ4v) is 4.64. The summed E-state index contributed by atoms with van der Waals surface area (Å²) in [5.41, 5.74) is 1.18. The molecule has 6 nitrogen and oxygen atoms in total. The summed E-state index contributed by atoms with van der Waals surface area (Å²) in [4.78, 5) is 4.70. The van der Waals surface area contributed by atoms with Gasteiger partial charge < -0.3 is 9.64 Å². The van der Waals surface area contributed by atoms with Gasteiger partial charge in [-0.25, -0.2) is 13.1 Å². The van der Waals surface area contributed by atoms with Gasteiger partial charge in [0.25, 0.3) is 0 Å². The maximum atomic E-state index is 12.4. The molecule has 1 heterocycles. The van der Waals surface area contributed by atoms with Crippen LogP contribution in [0, 0.1) is 0 Å². The second kappa shape index (κ2) is 8.93. The fraction of sp³-hybridized carbons (Fsp3) is 0.368. The third-order valence-electron chi connectivity index (χ3n) is 4.66. The molecule has 1 saturated heterocycles. The molecule has 146 valence electrons. The van der Waals surface area contributed by atoms with Crippen LogP contribution in [0.15, 0.2) is 53.4 Å². The molecule has 1 aliphatic heterocycles. The van der Waals surface area contributed by atoms with Gasteiger partial charge in [-0.2, -0.15) is 0 Å². The first-order valence-corrected chi connectivity index (χ1v) is 10.7. The zero-order chi connectivity index (χ0) is 19.3. The molecule has 0 atom stereocenters. The van der Waals surface area contributed by atoms with Crippen molar-refractivity contribution in [3.63, 3.8) is 0 Å². The summed E-state index contributed by atoms with van der Waals surface area (Å²) in [6, 6.07) is 14.5. The predicted octanol–water partition coefficient (Wildman–Crippen LogP) is 2.45. The minimum atomic E-state index is -3.58. The molecular formula is C19H24ClN3O3S. The van der Waals surface area contributed by atoms with Gasteiger partial charge >= 0.3 is 0 Å². The van der Waals surface area contributed by atoms with Crippen LogP contribution < -0.4 is 14.4 Å². The van der Waals surface area contributed by atoms with Crippen LogP contribution in [-0.2, 0) is 10.0 Å². The number of methoxy groups -OCH3 is 1. The number of rotatable bonds is 7. The molecule has 0 bridgehead atoms. The van der Waals surface area contributed by atoms with Gasteiger partial charge in [-0.3, -0.25) is 4.90 Å². The highest BCUT2D eigenvalue weighted by atomic mass is 35.5. The van der Waals surface area contributed by atoms with Crippen LogP contribution in [0.5, 0.6) is 5.75 Å². The van der Waals surface area contributed by atoms with Crippen LogP contribution in [0.25, 0.3) is 0 Å². The number of hydrogen-bond acceptors (Lipinski definition) is 5. The molecule has 1 aliphatic rings. The van der Waals surface area contributed by atoms with Gasteiger partial charge in [0.2, 0.25) is 10.0 Å². The molecule has 27 heavy (non-hydrogen) atoms. The molecule has 0 amide bonds. The minimum Gasteiger partial charge on any atom is -0.497 e. The maximum absolute atomic E-state index is 12.4. The average molecular weight is 410 g/mol. The van der Waals surface area contributed by atoms with Gasteiger partial charge in [-0.05, 0) is 36.4 Å². The molecule has 1 fully saturated rings. The Morgan fingerprint density at radius 1 is 1.04 bits per heavy atom. The highest BCUT2D eigenvalue weighted by Crippen LogP contribution is 2.21. The number of sulfonamides is 1. The average Bonchev–Trinajstić information content (AvgIpc) is 2.69. The smallest absolute Gasteiger partial charge is 0.242 e. The maximum Gasteiger partial charge on any atom is 0.242 e. The second-order valence-corrected chi connectivity index (χ2v) is 8.50. The number of piperazine rings is 1. The fourth-order valence-electron chi connectivity index (χ4n) is 3.10. The van der Waals surface area contributed by atoms with E-state index < -0.39 is 10.0 Å². The Kier molecular flexibility index (Phi) is 6.59. The number of benzene rings is 2. The van der Waals surface area contributed by atoms with E-state index in [4.69, 9.17) is 16.3 Å². The topological polar surface area (TPSA) is 61.9 Å². The lowest BCUT2D eigenvalue weighted by Crippen LogP contribution is -2.48. The van der Waals surface area contributed by atoms with E-state index in [0.29, 0.717) is 13.1 Å². The molecule has 8 heteroatoms. The van der Waals surface area contributed by atoms with Crippen molar-refractivity contribution >= 4 is 27.3 Å². The van der Waals surface area contributed by atoms with Crippen molar-refractivity contribution in [3.05, 3.63) is 53.6 Å². The third-order valence-corrected chi connectivity index (χ3v) is 6.62. The molecule has 0 aliphatic carbocycles.